The lowest BCUT2D eigenvalue weighted by atomic mass is 10.1. The van der Waals surface area contributed by atoms with Gasteiger partial charge in [-0.25, -0.2) is 4.98 Å². The highest BCUT2D eigenvalue weighted by Gasteiger charge is 2.24. The quantitative estimate of drug-likeness (QED) is 0.880. The SMILES string of the molecule is Cc1nc(-c2ccccc2O)nc(N2CC(C)NC(C)C2)n1. The lowest BCUT2D eigenvalue weighted by Crippen LogP contribution is -2.54. The van der Waals surface area contributed by atoms with Crippen LogP contribution in [0.4, 0.5) is 5.95 Å². The molecule has 1 fully saturated rings. The van der Waals surface area contributed by atoms with Crippen LogP contribution in [-0.4, -0.2) is 45.2 Å². The van der Waals surface area contributed by atoms with Crippen molar-refractivity contribution >= 4 is 5.95 Å². The van der Waals surface area contributed by atoms with E-state index in [9.17, 15) is 5.11 Å². The van der Waals surface area contributed by atoms with Gasteiger partial charge in [-0.15, -0.1) is 0 Å². The number of hydrogen-bond donors (Lipinski definition) is 2. The van der Waals surface area contributed by atoms with Gasteiger partial charge >= 0.3 is 0 Å². The summed E-state index contributed by atoms with van der Waals surface area (Å²) in [5.41, 5.74) is 0.630. The van der Waals surface area contributed by atoms with Crippen LogP contribution in [0.3, 0.4) is 0 Å². The summed E-state index contributed by atoms with van der Waals surface area (Å²) >= 11 is 0. The fraction of sp³-hybridized carbons (Fsp3) is 0.438. The number of para-hydroxylation sites is 1. The summed E-state index contributed by atoms with van der Waals surface area (Å²) in [4.78, 5) is 15.6. The molecule has 6 nitrogen and oxygen atoms in total. The van der Waals surface area contributed by atoms with Crippen LogP contribution in [0, 0.1) is 6.92 Å². The zero-order valence-electron chi connectivity index (χ0n) is 13.1. The van der Waals surface area contributed by atoms with Gasteiger partial charge in [0, 0.05) is 25.2 Å². The van der Waals surface area contributed by atoms with Gasteiger partial charge in [-0.2, -0.15) is 9.97 Å². The number of aromatic nitrogens is 3. The molecular weight excluding hydrogens is 278 g/mol. The average molecular weight is 299 g/mol. The summed E-state index contributed by atoms with van der Waals surface area (Å²) in [5.74, 6) is 2.02. The second-order valence-corrected chi connectivity index (χ2v) is 5.90. The maximum Gasteiger partial charge on any atom is 0.229 e. The Balaban J connectivity index is 1.98. The Bertz CT molecular complexity index is 665. The highest BCUT2D eigenvalue weighted by Crippen LogP contribution is 2.27. The third-order valence-electron chi connectivity index (χ3n) is 3.72. The van der Waals surface area contributed by atoms with Gasteiger partial charge in [-0.3, -0.25) is 0 Å². The predicted molar refractivity (Wildman–Crippen MR) is 85.9 cm³/mol. The van der Waals surface area contributed by atoms with Crippen LogP contribution in [-0.2, 0) is 0 Å². The summed E-state index contributed by atoms with van der Waals surface area (Å²) in [6.07, 6.45) is 0. The van der Waals surface area contributed by atoms with Crippen molar-refractivity contribution in [1.29, 1.82) is 0 Å². The molecule has 0 radical (unpaired) electrons. The van der Waals surface area contributed by atoms with E-state index < -0.39 is 0 Å². The van der Waals surface area contributed by atoms with E-state index in [-0.39, 0.29) is 5.75 Å². The number of aryl methyl sites for hydroxylation is 1. The van der Waals surface area contributed by atoms with Crippen molar-refractivity contribution < 1.29 is 5.11 Å². The van der Waals surface area contributed by atoms with E-state index in [1.54, 1.807) is 12.1 Å². The number of phenols is 1. The van der Waals surface area contributed by atoms with E-state index in [4.69, 9.17) is 0 Å². The second kappa shape index (κ2) is 5.88. The standard InChI is InChI=1S/C16H21N5O/c1-10-8-21(9-11(2)17-10)16-19-12(3)18-15(20-16)13-6-4-5-7-14(13)22/h4-7,10-11,17,22H,8-9H2,1-3H3. The van der Waals surface area contributed by atoms with Crippen molar-refractivity contribution in [3.05, 3.63) is 30.1 Å². The molecule has 116 valence electrons. The van der Waals surface area contributed by atoms with Crippen LogP contribution in [0.25, 0.3) is 11.4 Å². The van der Waals surface area contributed by atoms with Gasteiger partial charge in [0.25, 0.3) is 0 Å². The van der Waals surface area contributed by atoms with E-state index >= 15 is 0 Å². The molecule has 0 saturated carbocycles. The maximum absolute atomic E-state index is 10.0. The Kier molecular flexibility index (Phi) is 3.94. The largest absolute Gasteiger partial charge is 0.507 e. The van der Waals surface area contributed by atoms with Crippen molar-refractivity contribution in [3.8, 4) is 17.1 Å². The van der Waals surface area contributed by atoms with Gasteiger partial charge < -0.3 is 15.3 Å². The molecule has 22 heavy (non-hydrogen) atoms. The summed E-state index contributed by atoms with van der Waals surface area (Å²) in [7, 11) is 0. The van der Waals surface area contributed by atoms with Crippen molar-refractivity contribution in [2.24, 2.45) is 0 Å². The van der Waals surface area contributed by atoms with Crippen LogP contribution in [0.15, 0.2) is 24.3 Å². The molecular formula is C16H21N5O. The highest BCUT2D eigenvalue weighted by atomic mass is 16.3. The number of phenolic OH excluding ortho intramolecular Hbond substituents is 1. The molecule has 0 spiro atoms. The minimum Gasteiger partial charge on any atom is -0.507 e. The van der Waals surface area contributed by atoms with Crippen LogP contribution in [0.5, 0.6) is 5.75 Å². The van der Waals surface area contributed by atoms with Crippen LogP contribution in [0.2, 0.25) is 0 Å². The van der Waals surface area contributed by atoms with E-state index in [0.717, 1.165) is 13.1 Å². The molecule has 0 amide bonds. The molecule has 1 saturated heterocycles. The van der Waals surface area contributed by atoms with Gasteiger partial charge in [-0.05, 0) is 32.9 Å². The Morgan fingerprint density at radius 3 is 2.45 bits per heavy atom. The average Bonchev–Trinajstić information content (AvgIpc) is 2.46. The first kappa shape index (κ1) is 14.7. The lowest BCUT2D eigenvalue weighted by molar-refractivity contribution is 0.403. The molecule has 2 aromatic rings. The van der Waals surface area contributed by atoms with Crippen molar-refractivity contribution in [3.63, 3.8) is 0 Å². The number of nitrogens with one attached hydrogen (secondary N) is 1. The first-order chi connectivity index (χ1) is 10.5. The highest BCUT2D eigenvalue weighted by molar-refractivity contribution is 5.64. The summed E-state index contributed by atoms with van der Waals surface area (Å²) in [6.45, 7) is 7.87. The fourth-order valence-electron chi connectivity index (χ4n) is 2.88. The first-order valence-corrected chi connectivity index (χ1v) is 7.55. The number of rotatable bonds is 2. The van der Waals surface area contributed by atoms with Crippen LogP contribution >= 0.6 is 0 Å². The van der Waals surface area contributed by atoms with Gasteiger partial charge in [-0.1, -0.05) is 12.1 Å². The minimum atomic E-state index is 0.182. The molecule has 0 aliphatic carbocycles. The Hall–Kier alpha value is -2.21. The number of nitrogens with zero attached hydrogens (tertiary/aromatic N) is 4. The maximum atomic E-state index is 10.0. The van der Waals surface area contributed by atoms with Crippen LogP contribution in [0.1, 0.15) is 19.7 Å². The molecule has 2 atom stereocenters. The zero-order chi connectivity index (χ0) is 15.7. The summed E-state index contributed by atoms with van der Waals surface area (Å²) in [6, 6.07) is 7.87. The third kappa shape index (κ3) is 3.01. The number of piperazine rings is 1. The lowest BCUT2D eigenvalue weighted by Gasteiger charge is -2.36. The van der Waals surface area contributed by atoms with Gasteiger partial charge in [0.1, 0.15) is 11.6 Å². The van der Waals surface area contributed by atoms with E-state index in [1.807, 2.05) is 19.1 Å². The molecule has 1 aromatic carbocycles. The van der Waals surface area contributed by atoms with Gasteiger partial charge in [0.05, 0.1) is 5.56 Å². The molecule has 2 N–H and O–H groups in total. The smallest absolute Gasteiger partial charge is 0.229 e. The third-order valence-corrected chi connectivity index (χ3v) is 3.72. The normalized spacial score (nSPS) is 21.9. The molecule has 6 heteroatoms. The molecule has 0 bridgehead atoms. The Labute approximate surface area is 130 Å². The van der Waals surface area contributed by atoms with Crippen molar-refractivity contribution in [1.82, 2.24) is 20.3 Å². The summed E-state index contributed by atoms with van der Waals surface area (Å²) in [5, 5.41) is 13.5. The molecule has 2 unspecified atom stereocenters. The zero-order valence-corrected chi connectivity index (χ0v) is 13.1. The van der Waals surface area contributed by atoms with E-state index in [1.165, 1.54) is 0 Å². The molecule has 3 rings (SSSR count). The Morgan fingerprint density at radius 2 is 1.77 bits per heavy atom. The predicted octanol–water partition coefficient (Wildman–Crippen LogP) is 1.74. The summed E-state index contributed by atoms with van der Waals surface area (Å²) < 4.78 is 0. The monoisotopic (exact) mass is 299 g/mol. The van der Waals surface area contributed by atoms with E-state index in [0.29, 0.717) is 35.2 Å². The second-order valence-electron chi connectivity index (χ2n) is 5.90. The number of benzene rings is 1. The van der Waals surface area contributed by atoms with Gasteiger partial charge in [0.2, 0.25) is 5.95 Å². The number of aromatic hydroxyl groups is 1. The minimum absolute atomic E-state index is 0.182. The molecule has 1 aliphatic heterocycles. The number of anilines is 1. The van der Waals surface area contributed by atoms with Crippen LogP contribution < -0.4 is 10.2 Å². The topological polar surface area (TPSA) is 74.2 Å². The van der Waals surface area contributed by atoms with Crippen molar-refractivity contribution in [2.45, 2.75) is 32.9 Å². The van der Waals surface area contributed by atoms with Crippen molar-refractivity contribution in [2.75, 3.05) is 18.0 Å². The van der Waals surface area contributed by atoms with Gasteiger partial charge in [0.15, 0.2) is 5.82 Å². The fourth-order valence-corrected chi connectivity index (χ4v) is 2.88. The number of hydrogen-bond acceptors (Lipinski definition) is 6. The molecule has 1 aromatic heterocycles. The Morgan fingerprint density at radius 1 is 1.09 bits per heavy atom. The van der Waals surface area contributed by atoms with E-state index in [2.05, 4.69) is 39.0 Å². The molecule has 1 aliphatic rings. The first-order valence-electron chi connectivity index (χ1n) is 7.55. The molecule has 2 heterocycles.